The van der Waals surface area contributed by atoms with E-state index in [9.17, 15) is 0 Å². The summed E-state index contributed by atoms with van der Waals surface area (Å²) >= 11 is 0. The molecule has 2 aromatic heterocycles. The van der Waals surface area contributed by atoms with Crippen molar-refractivity contribution in [3.8, 4) is 51.0 Å². The van der Waals surface area contributed by atoms with Crippen LogP contribution in [0.3, 0.4) is 0 Å². The molecule has 0 bridgehead atoms. The van der Waals surface area contributed by atoms with Gasteiger partial charge in [-0.1, -0.05) is 140 Å². The van der Waals surface area contributed by atoms with Crippen molar-refractivity contribution >= 4 is 32.6 Å². The number of nitrogens with zero attached hydrogens (tertiary/aromatic N) is 4. The molecule has 9 rings (SSSR count). The van der Waals surface area contributed by atoms with Gasteiger partial charge >= 0.3 is 0 Å². The second kappa shape index (κ2) is 11.2. The normalized spacial score (nSPS) is 11.4. The Morgan fingerprint density at radius 3 is 1.72 bits per heavy atom. The zero-order valence-corrected chi connectivity index (χ0v) is 25.5. The van der Waals surface area contributed by atoms with Crippen molar-refractivity contribution in [2.24, 2.45) is 0 Å². The molecule has 0 fully saturated rings. The quantitative estimate of drug-likeness (QED) is 0.197. The van der Waals surface area contributed by atoms with Gasteiger partial charge in [0.1, 0.15) is 0 Å². The van der Waals surface area contributed by atoms with E-state index in [0.717, 1.165) is 49.7 Å². The van der Waals surface area contributed by atoms with Gasteiger partial charge in [0.25, 0.3) is 0 Å². The van der Waals surface area contributed by atoms with E-state index in [2.05, 4.69) is 144 Å². The molecular formula is C43H28N4. The van der Waals surface area contributed by atoms with Gasteiger partial charge < -0.3 is 4.57 Å². The summed E-state index contributed by atoms with van der Waals surface area (Å²) in [5, 5.41) is 4.74. The number of hydrogen-bond acceptors (Lipinski definition) is 3. The monoisotopic (exact) mass is 600 g/mol. The predicted molar refractivity (Wildman–Crippen MR) is 193 cm³/mol. The molecule has 0 atom stereocenters. The Labute approximate surface area is 272 Å². The first-order chi connectivity index (χ1) is 23.3. The molecule has 4 heteroatoms. The van der Waals surface area contributed by atoms with Crippen LogP contribution in [0.15, 0.2) is 170 Å². The van der Waals surface area contributed by atoms with Crippen molar-refractivity contribution in [3.05, 3.63) is 170 Å². The minimum absolute atomic E-state index is 0.641. The fourth-order valence-electron chi connectivity index (χ4n) is 6.58. The number of hydrogen-bond donors (Lipinski definition) is 0. The molecule has 0 aliphatic rings. The molecule has 9 aromatic rings. The van der Waals surface area contributed by atoms with Crippen LogP contribution in [0.5, 0.6) is 0 Å². The van der Waals surface area contributed by atoms with Crippen LogP contribution in [-0.2, 0) is 0 Å². The van der Waals surface area contributed by atoms with Crippen LogP contribution in [-0.4, -0.2) is 19.5 Å². The molecule has 47 heavy (non-hydrogen) atoms. The van der Waals surface area contributed by atoms with Gasteiger partial charge in [0.05, 0.1) is 11.0 Å². The third-order valence-electron chi connectivity index (χ3n) is 8.85. The van der Waals surface area contributed by atoms with Crippen molar-refractivity contribution in [3.63, 3.8) is 0 Å². The molecule has 0 saturated heterocycles. The maximum Gasteiger partial charge on any atom is 0.164 e. The standard InChI is InChI=1S/C43H28N4/c1-3-13-31(14-4-1)41-44-42(32-25-22-30(23-26-32)34-27-24-29-12-7-8-15-33(29)28-34)46-43(45-41)37-19-11-21-39-40(37)36-18-9-10-20-38(36)47(39)35-16-5-2-6-17-35/h1-28H. The molecule has 0 N–H and O–H groups in total. The van der Waals surface area contributed by atoms with Gasteiger partial charge in [-0.3, -0.25) is 0 Å². The molecule has 7 aromatic carbocycles. The van der Waals surface area contributed by atoms with Crippen LogP contribution in [0.2, 0.25) is 0 Å². The van der Waals surface area contributed by atoms with Crippen molar-refractivity contribution in [2.45, 2.75) is 0 Å². The van der Waals surface area contributed by atoms with Gasteiger partial charge in [-0.2, -0.15) is 0 Å². The van der Waals surface area contributed by atoms with Crippen molar-refractivity contribution in [1.29, 1.82) is 0 Å². The molecule has 4 nitrogen and oxygen atoms in total. The number of benzene rings is 7. The highest BCUT2D eigenvalue weighted by atomic mass is 15.0. The molecular weight excluding hydrogens is 573 g/mol. The zero-order chi connectivity index (χ0) is 31.2. The van der Waals surface area contributed by atoms with Crippen LogP contribution in [0.4, 0.5) is 0 Å². The Balaban J connectivity index is 1.22. The van der Waals surface area contributed by atoms with E-state index in [1.54, 1.807) is 0 Å². The molecule has 2 heterocycles. The van der Waals surface area contributed by atoms with Gasteiger partial charge in [-0.25, -0.2) is 15.0 Å². The summed E-state index contributed by atoms with van der Waals surface area (Å²) < 4.78 is 2.32. The van der Waals surface area contributed by atoms with Crippen molar-refractivity contribution in [1.82, 2.24) is 19.5 Å². The van der Waals surface area contributed by atoms with E-state index in [4.69, 9.17) is 15.0 Å². The lowest BCUT2D eigenvalue weighted by atomic mass is 10.00. The zero-order valence-electron chi connectivity index (χ0n) is 25.5. The molecule has 0 spiro atoms. The lowest BCUT2D eigenvalue weighted by Gasteiger charge is -2.11. The predicted octanol–water partition coefficient (Wildman–Crippen LogP) is 10.8. The minimum Gasteiger partial charge on any atom is -0.309 e. The second-order valence-corrected chi connectivity index (χ2v) is 11.7. The first kappa shape index (κ1) is 27.0. The summed E-state index contributed by atoms with van der Waals surface area (Å²) in [6.07, 6.45) is 0. The molecule has 220 valence electrons. The average Bonchev–Trinajstić information content (AvgIpc) is 3.50. The van der Waals surface area contributed by atoms with Gasteiger partial charge in [0.15, 0.2) is 17.5 Å². The lowest BCUT2D eigenvalue weighted by Crippen LogP contribution is -2.00. The summed E-state index contributed by atoms with van der Waals surface area (Å²) in [7, 11) is 0. The lowest BCUT2D eigenvalue weighted by molar-refractivity contribution is 1.08. The SMILES string of the molecule is c1ccc(-c2nc(-c3ccc(-c4ccc5ccccc5c4)cc3)nc(-c3cccc4c3c3ccccc3n4-c3ccccc3)n2)cc1. The molecule has 0 radical (unpaired) electrons. The molecule has 0 aliphatic carbocycles. The maximum atomic E-state index is 5.15. The van der Waals surface area contributed by atoms with E-state index >= 15 is 0 Å². The molecule has 0 saturated carbocycles. The van der Waals surface area contributed by atoms with E-state index in [1.807, 2.05) is 30.3 Å². The highest BCUT2D eigenvalue weighted by molar-refractivity contribution is 6.15. The minimum atomic E-state index is 0.641. The smallest absolute Gasteiger partial charge is 0.164 e. The summed E-state index contributed by atoms with van der Waals surface area (Å²) in [5.74, 6) is 1.93. The summed E-state index contributed by atoms with van der Waals surface area (Å²) in [5.41, 5.74) is 8.55. The topological polar surface area (TPSA) is 43.6 Å². The summed E-state index contributed by atoms with van der Waals surface area (Å²) in [6, 6.07) is 59.2. The van der Waals surface area contributed by atoms with Gasteiger partial charge in [0.2, 0.25) is 0 Å². The van der Waals surface area contributed by atoms with E-state index in [-0.39, 0.29) is 0 Å². The summed E-state index contributed by atoms with van der Waals surface area (Å²) in [4.78, 5) is 15.3. The Bertz CT molecular complexity index is 2550. The average molecular weight is 601 g/mol. The maximum absolute atomic E-state index is 5.15. The molecule has 0 aliphatic heterocycles. The van der Waals surface area contributed by atoms with E-state index in [0.29, 0.717) is 17.5 Å². The van der Waals surface area contributed by atoms with E-state index < -0.39 is 0 Å². The number of para-hydroxylation sites is 2. The largest absolute Gasteiger partial charge is 0.309 e. The highest BCUT2D eigenvalue weighted by Crippen LogP contribution is 2.38. The third-order valence-corrected chi connectivity index (χ3v) is 8.85. The van der Waals surface area contributed by atoms with Crippen LogP contribution >= 0.6 is 0 Å². The van der Waals surface area contributed by atoms with Gasteiger partial charge in [-0.15, -0.1) is 0 Å². The van der Waals surface area contributed by atoms with Gasteiger partial charge in [0, 0.05) is 33.2 Å². The van der Waals surface area contributed by atoms with E-state index in [1.165, 1.54) is 16.3 Å². The number of rotatable bonds is 5. The molecule has 0 unspecified atom stereocenters. The Morgan fingerprint density at radius 2 is 0.936 bits per heavy atom. The summed E-state index contributed by atoms with van der Waals surface area (Å²) in [6.45, 7) is 0. The van der Waals surface area contributed by atoms with Crippen LogP contribution in [0, 0.1) is 0 Å². The first-order valence-electron chi connectivity index (χ1n) is 15.8. The first-order valence-corrected chi connectivity index (χ1v) is 15.8. The number of fused-ring (bicyclic) bond motifs is 4. The Kier molecular flexibility index (Phi) is 6.43. The van der Waals surface area contributed by atoms with Crippen molar-refractivity contribution < 1.29 is 0 Å². The van der Waals surface area contributed by atoms with Crippen molar-refractivity contribution in [2.75, 3.05) is 0 Å². The highest BCUT2D eigenvalue weighted by Gasteiger charge is 2.19. The Hall–Kier alpha value is -6.39. The fraction of sp³-hybridized carbons (Fsp3) is 0. The van der Waals surface area contributed by atoms with Crippen LogP contribution in [0.1, 0.15) is 0 Å². The second-order valence-electron chi connectivity index (χ2n) is 11.7. The fourth-order valence-corrected chi connectivity index (χ4v) is 6.58. The number of aromatic nitrogens is 4. The van der Waals surface area contributed by atoms with Gasteiger partial charge in [-0.05, 0) is 52.2 Å². The molecule has 0 amide bonds. The van der Waals surface area contributed by atoms with Crippen LogP contribution in [0.25, 0.3) is 83.6 Å². The van der Waals surface area contributed by atoms with Crippen LogP contribution < -0.4 is 0 Å². The third kappa shape index (κ3) is 4.75. The Morgan fingerprint density at radius 1 is 0.362 bits per heavy atom.